The normalized spacial score (nSPS) is 17.1. The molecule has 2 aromatic carbocycles. The molecule has 7 heteroatoms. The van der Waals surface area contributed by atoms with Gasteiger partial charge in [-0.2, -0.15) is 0 Å². The van der Waals surface area contributed by atoms with Gasteiger partial charge in [0.2, 0.25) is 11.8 Å². The number of benzene rings is 2. The maximum absolute atomic E-state index is 13.2. The van der Waals surface area contributed by atoms with Crippen LogP contribution in [0.4, 0.5) is 0 Å². The summed E-state index contributed by atoms with van der Waals surface area (Å²) in [4.78, 5) is 31.8. The lowest BCUT2D eigenvalue weighted by Gasteiger charge is -2.38. The summed E-state index contributed by atoms with van der Waals surface area (Å²) in [5.41, 5.74) is 4.86. The van der Waals surface area contributed by atoms with Crippen LogP contribution >= 0.6 is 0 Å². The van der Waals surface area contributed by atoms with Gasteiger partial charge in [0.1, 0.15) is 12.0 Å². The Bertz CT molecular complexity index is 1260. The van der Waals surface area contributed by atoms with Crippen molar-refractivity contribution >= 4 is 11.8 Å². The average molecular weight is 488 g/mol. The highest BCUT2D eigenvalue weighted by molar-refractivity contribution is 5.91. The molecule has 1 unspecified atom stereocenters. The van der Waals surface area contributed by atoms with Crippen molar-refractivity contribution in [2.45, 2.75) is 52.7 Å². The molecule has 1 saturated carbocycles. The zero-order valence-corrected chi connectivity index (χ0v) is 21.1. The lowest BCUT2D eigenvalue weighted by atomic mass is 9.87. The Labute approximate surface area is 211 Å². The number of rotatable bonds is 8. The van der Waals surface area contributed by atoms with E-state index in [9.17, 15) is 9.59 Å². The number of nitrogens with zero attached hydrogens (tertiary/aromatic N) is 2. The van der Waals surface area contributed by atoms with E-state index in [2.05, 4.69) is 52.5 Å². The van der Waals surface area contributed by atoms with E-state index in [0.29, 0.717) is 24.1 Å². The average Bonchev–Trinajstić information content (AvgIpc) is 3.62. The van der Waals surface area contributed by atoms with Crippen LogP contribution in [0.25, 0.3) is 0 Å². The zero-order chi connectivity index (χ0) is 25.2. The van der Waals surface area contributed by atoms with E-state index in [1.165, 1.54) is 17.4 Å². The van der Waals surface area contributed by atoms with Crippen LogP contribution in [0.5, 0.6) is 5.75 Å². The molecule has 36 heavy (non-hydrogen) atoms. The van der Waals surface area contributed by atoms with Crippen LogP contribution in [0.2, 0.25) is 0 Å². The fourth-order valence-electron chi connectivity index (χ4n) is 4.70. The summed E-state index contributed by atoms with van der Waals surface area (Å²) in [5.74, 6) is 1.52. The number of hydrogen-bond acceptors (Lipinski definition) is 5. The number of fused-ring (bicyclic) bond motifs is 1. The fourth-order valence-corrected chi connectivity index (χ4v) is 4.70. The molecule has 5 rings (SSSR count). The van der Waals surface area contributed by atoms with E-state index in [4.69, 9.17) is 9.15 Å². The molecule has 7 nitrogen and oxygen atoms in total. The minimum absolute atomic E-state index is 0.107. The lowest BCUT2D eigenvalue weighted by molar-refractivity contribution is -0.134. The minimum Gasteiger partial charge on any atom is -0.484 e. The van der Waals surface area contributed by atoms with Gasteiger partial charge in [-0.3, -0.25) is 9.59 Å². The maximum Gasteiger partial charge on any atom is 0.273 e. The second kappa shape index (κ2) is 10.2. The molecule has 0 radical (unpaired) electrons. The molecule has 0 saturated heterocycles. The number of aryl methyl sites for hydroxylation is 1. The van der Waals surface area contributed by atoms with Crippen molar-refractivity contribution in [2.24, 2.45) is 11.8 Å². The predicted molar refractivity (Wildman–Crippen MR) is 136 cm³/mol. The number of nitrogens with one attached hydrogen (secondary N) is 1. The molecule has 1 aliphatic heterocycles. The smallest absolute Gasteiger partial charge is 0.273 e. The number of hydrogen-bond donors (Lipinski definition) is 1. The standard InChI is InChI=1S/C29H33N3O4/c1-18(2)15-30-28(33)25-16-36-26(31-25)17-35-23-10-9-20-11-12-32(29(34)21-7-8-21)27(24(20)14-23)22-6-4-5-19(3)13-22/h4-6,9-10,13-14,16,18,21,27H,7-8,11-12,15,17H2,1-3H3,(H,30,33). The Hall–Kier alpha value is -3.61. The van der Waals surface area contributed by atoms with Gasteiger partial charge < -0.3 is 19.4 Å². The van der Waals surface area contributed by atoms with E-state index in [1.54, 1.807) is 0 Å². The second-order valence-corrected chi connectivity index (χ2v) is 10.3. The molecule has 1 N–H and O–H groups in total. The van der Waals surface area contributed by atoms with Crippen LogP contribution in [0.1, 0.15) is 71.4 Å². The quantitative estimate of drug-likeness (QED) is 0.492. The molecule has 188 valence electrons. The zero-order valence-electron chi connectivity index (χ0n) is 21.1. The van der Waals surface area contributed by atoms with Crippen LogP contribution in [0.15, 0.2) is 53.1 Å². The van der Waals surface area contributed by atoms with Gasteiger partial charge in [0.05, 0.1) is 6.04 Å². The van der Waals surface area contributed by atoms with Crippen molar-refractivity contribution in [1.82, 2.24) is 15.2 Å². The van der Waals surface area contributed by atoms with E-state index in [-0.39, 0.29) is 36.1 Å². The van der Waals surface area contributed by atoms with Crippen molar-refractivity contribution in [2.75, 3.05) is 13.1 Å². The Kier molecular flexibility index (Phi) is 6.81. The van der Waals surface area contributed by atoms with E-state index >= 15 is 0 Å². The van der Waals surface area contributed by atoms with Crippen LogP contribution in [-0.4, -0.2) is 34.8 Å². The predicted octanol–water partition coefficient (Wildman–Crippen LogP) is 4.83. The van der Waals surface area contributed by atoms with Gasteiger partial charge in [0.15, 0.2) is 12.3 Å². The van der Waals surface area contributed by atoms with Gasteiger partial charge in [-0.25, -0.2) is 4.98 Å². The number of carbonyl (C=O) groups is 2. The van der Waals surface area contributed by atoms with Crippen molar-refractivity contribution in [3.8, 4) is 5.75 Å². The van der Waals surface area contributed by atoms with Gasteiger partial charge in [-0.15, -0.1) is 0 Å². The molecule has 1 atom stereocenters. The topological polar surface area (TPSA) is 84.7 Å². The van der Waals surface area contributed by atoms with E-state index < -0.39 is 0 Å². The van der Waals surface area contributed by atoms with Gasteiger partial charge in [0.25, 0.3) is 5.91 Å². The number of ether oxygens (including phenoxy) is 1. The SMILES string of the molecule is Cc1cccc(C2c3cc(OCc4nc(C(=O)NCC(C)C)co4)ccc3CCN2C(=O)C2CC2)c1. The van der Waals surface area contributed by atoms with Crippen molar-refractivity contribution in [3.05, 3.63) is 82.6 Å². The summed E-state index contributed by atoms with van der Waals surface area (Å²) in [6, 6.07) is 14.3. The summed E-state index contributed by atoms with van der Waals surface area (Å²) in [6.45, 7) is 7.55. The van der Waals surface area contributed by atoms with E-state index in [0.717, 1.165) is 36.9 Å². The lowest BCUT2D eigenvalue weighted by Crippen LogP contribution is -2.41. The number of amides is 2. The summed E-state index contributed by atoms with van der Waals surface area (Å²) in [7, 11) is 0. The molecular weight excluding hydrogens is 454 g/mol. The molecule has 2 heterocycles. The Balaban J connectivity index is 1.35. The maximum atomic E-state index is 13.2. The van der Waals surface area contributed by atoms with E-state index in [1.807, 2.05) is 26.0 Å². The van der Waals surface area contributed by atoms with Gasteiger partial charge >= 0.3 is 0 Å². The molecule has 0 spiro atoms. The minimum atomic E-state index is -0.256. The third-order valence-corrected chi connectivity index (χ3v) is 6.73. The van der Waals surface area contributed by atoms with Crippen LogP contribution < -0.4 is 10.1 Å². The highest BCUT2D eigenvalue weighted by Gasteiger charge is 2.39. The first kappa shape index (κ1) is 24.1. The molecular formula is C29H33N3O4. The largest absolute Gasteiger partial charge is 0.484 e. The number of oxazole rings is 1. The molecule has 0 bridgehead atoms. The van der Waals surface area contributed by atoms with Gasteiger partial charge in [-0.1, -0.05) is 49.7 Å². The fraction of sp³-hybridized carbons (Fsp3) is 0.414. The third kappa shape index (κ3) is 5.30. The molecule has 3 aromatic rings. The number of carbonyl (C=O) groups excluding carboxylic acids is 2. The van der Waals surface area contributed by atoms with Crippen LogP contribution in [0.3, 0.4) is 0 Å². The molecule has 2 aliphatic rings. The monoisotopic (exact) mass is 487 g/mol. The molecule has 1 fully saturated rings. The summed E-state index contributed by atoms with van der Waals surface area (Å²) < 4.78 is 11.5. The van der Waals surface area contributed by atoms with Crippen LogP contribution in [0, 0.1) is 18.8 Å². The first-order chi connectivity index (χ1) is 17.4. The van der Waals surface area contributed by atoms with Gasteiger partial charge in [-0.05, 0) is 60.9 Å². The molecule has 1 aromatic heterocycles. The van der Waals surface area contributed by atoms with Crippen molar-refractivity contribution in [1.29, 1.82) is 0 Å². The van der Waals surface area contributed by atoms with Gasteiger partial charge in [0, 0.05) is 19.0 Å². The summed E-state index contributed by atoms with van der Waals surface area (Å²) in [5, 5.41) is 2.84. The first-order valence-corrected chi connectivity index (χ1v) is 12.7. The number of aromatic nitrogens is 1. The highest BCUT2D eigenvalue weighted by Crippen LogP contribution is 2.41. The Morgan fingerprint density at radius 2 is 2.03 bits per heavy atom. The van der Waals surface area contributed by atoms with Crippen LogP contribution in [-0.2, 0) is 17.8 Å². The second-order valence-electron chi connectivity index (χ2n) is 10.3. The molecule has 2 amide bonds. The Morgan fingerprint density at radius 3 is 2.78 bits per heavy atom. The summed E-state index contributed by atoms with van der Waals surface area (Å²) in [6.07, 6.45) is 4.15. The van der Waals surface area contributed by atoms with Crippen molar-refractivity contribution in [3.63, 3.8) is 0 Å². The molecule has 1 aliphatic carbocycles. The summed E-state index contributed by atoms with van der Waals surface area (Å²) >= 11 is 0. The Morgan fingerprint density at radius 1 is 1.19 bits per heavy atom. The highest BCUT2D eigenvalue weighted by atomic mass is 16.5. The first-order valence-electron chi connectivity index (χ1n) is 12.7. The third-order valence-electron chi connectivity index (χ3n) is 6.73. The van der Waals surface area contributed by atoms with Crippen molar-refractivity contribution < 1.29 is 18.7 Å².